The Morgan fingerprint density at radius 3 is 2.20 bits per heavy atom. The van der Waals surface area contributed by atoms with Crippen molar-refractivity contribution >= 4 is 23.1 Å². The van der Waals surface area contributed by atoms with Crippen LogP contribution in [-0.4, -0.2) is 23.9 Å². The lowest BCUT2D eigenvalue weighted by atomic mass is 9.94. The first-order valence-corrected chi connectivity index (χ1v) is 9.28. The molecule has 5 nitrogen and oxygen atoms in total. The van der Waals surface area contributed by atoms with Crippen LogP contribution in [-0.2, 0) is 9.59 Å². The van der Waals surface area contributed by atoms with Crippen molar-refractivity contribution in [2.24, 2.45) is 0 Å². The summed E-state index contributed by atoms with van der Waals surface area (Å²) in [6.45, 7) is 0. The minimum atomic E-state index is -1.11. The second kappa shape index (κ2) is 7.83. The van der Waals surface area contributed by atoms with Gasteiger partial charge >= 0.3 is 0 Å². The molecule has 0 aromatic heterocycles. The predicted molar refractivity (Wildman–Crippen MR) is 111 cm³/mol. The number of amides is 1. The van der Waals surface area contributed by atoms with E-state index >= 15 is 0 Å². The Hall–Kier alpha value is -3.93. The minimum Gasteiger partial charge on any atom is -0.507 e. The number of aliphatic hydroxyl groups is 1. The fourth-order valence-electron chi connectivity index (χ4n) is 3.58. The summed E-state index contributed by atoms with van der Waals surface area (Å²) in [4.78, 5) is 27.1. The molecular formula is C24H18FNO4. The van der Waals surface area contributed by atoms with Crippen LogP contribution < -0.4 is 9.64 Å². The minimum absolute atomic E-state index is 0.116. The van der Waals surface area contributed by atoms with Gasteiger partial charge in [0.15, 0.2) is 0 Å². The fraction of sp³-hybridized carbons (Fsp3) is 0.0833. The molecule has 1 N–H and O–H groups in total. The van der Waals surface area contributed by atoms with E-state index in [2.05, 4.69) is 0 Å². The molecule has 3 aromatic rings. The van der Waals surface area contributed by atoms with Gasteiger partial charge in [-0.1, -0.05) is 48.5 Å². The molecule has 0 unspecified atom stereocenters. The normalized spacial score (nSPS) is 17.9. The van der Waals surface area contributed by atoms with Crippen molar-refractivity contribution in [1.82, 2.24) is 0 Å². The molecule has 0 radical (unpaired) electrons. The number of methoxy groups -OCH3 is 1. The average molecular weight is 403 g/mol. The zero-order valence-corrected chi connectivity index (χ0v) is 16.1. The molecule has 1 atom stereocenters. The van der Waals surface area contributed by atoms with E-state index in [0.29, 0.717) is 17.0 Å². The number of hydrogen-bond acceptors (Lipinski definition) is 4. The Kier molecular flexibility index (Phi) is 5.06. The van der Waals surface area contributed by atoms with Crippen molar-refractivity contribution < 1.29 is 23.8 Å². The fourth-order valence-corrected chi connectivity index (χ4v) is 3.58. The summed E-state index contributed by atoms with van der Waals surface area (Å²) in [5.41, 5.74) is 0.710. The van der Waals surface area contributed by atoms with E-state index in [0.717, 1.165) is 0 Å². The molecule has 1 aliphatic rings. The number of hydrogen-bond donors (Lipinski definition) is 1. The predicted octanol–water partition coefficient (Wildman–Crippen LogP) is 4.46. The van der Waals surface area contributed by atoms with Crippen molar-refractivity contribution in [3.8, 4) is 5.75 Å². The Morgan fingerprint density at radius 2 is 1.57 bits per heavy atom. The van der Waals surface area contributed by atoms with Crippen LogP contribution in [0.5, 0.6) is 5.75 Å². The Balaban J connectivity index is 1.95. The van der Waals surface area contributed by atoms with E-state index in [1.807, 2.05) is 0 Å². The Morgan fingerprint density at radius 1 is 0.933 bits per heavy atom. The summed E-state index contributed by atoms with van der Waals surface area (Å²) < 4.78 is 19.9. The van der Waals surface area contributed by atoms with Crippen molar-refractivity contribution in [3.63, 3.8) is 0 Å². The molecule has 3 aromatic carbocycles. The molecule has 0 bridgehead atoms. The smallest absolute Gasteiger partial charge is 0.300 e. The lowest BCUT2D eigenvalue weighted by molar-refractivity contribution is -0.132. The zero-order valence-electron chi connectivity index (χ0n) is 16.1. The summed E-state index contributed by atoms with van der Waals surface area (Å²) in [6.07, 6.45) is 0. The molecule has 1 fully saturated rings. The standard InChI is InChI=1S/C24H18FNO4/c1-30-17-13-11-16(12-14-17)26-21(18-9-5-6-10-19(18)25)20(23(28)24(26)29)22(27)15-7-3-2-4-8-15/h2-14,21,27H,1H3/t21-/m0/s1. The van der Waals surface area contributed by atoms with Gasteiger partial charge in [0.05, 0.1) is 18.7 Å². The van der Waals surface area contributed by atoms with E-state index in [1.54, 1.807) is 60.7 Å². The molecule has 6 heteroatoms. The summed E-state index contributed by atoms with van der Waals surface area (Å²) >= 11 is 0. The van der Waals surface area contributed by atoms with Crippen molar-refractivity contribution in [3.05, 3.63) is 101 Å². The average Bonchev–Trinajstić information content (AvgIpc) is 3.04. The first-order valence-electron chi connectivity index (χ1n) is 9.28. The third-order valence-corrected chi connectivity index (χ3v) is 5.04. The van der Waals surface area contributed by atoms with Crippen LogP contribution in [0.15, 0.2) is 84.4 Å². The van der Waals surface area contributed by atoms with Gasteiger partial charge in [0.2, 0.25) is 0 Å². The lowest BCUT2D eigenvalue weighted by Gasteiger charge is -2.25. The highest BCUT2D eigenvalue weighted by Gasteiger charge is 2.47. The third-order valence-electron chi connectivity index (χ3n) is 5.04. The van der Waals surface area contributed by atoms with Crippen LogP contribution >= 0.6 is 0 Å². The molecule has 1 saturated heterocycles. The number of ketones is 1. The van der Waals surface area contributed by atoms with Gasteiger partial charge in [0.1, 0.15) is 17.3 Å². The first-order chi connectivity index (χ1) is 14.5. The Labute approximate surface area is 172 Å². The van der Waals surface area contributed by atoms with E-state index in [1.165, 1.54) is 30.2 Å². The number of carbonyl (C=O) groups excluding carboxylic acids is 2. The van der Waals surface area contributed by atoms with E-state index in [4.69, 9.17) is 4.74 Å². The quantitative estimate of drug-likeness (QED) is 0.397. The second-order valence-electron chi connectivity index (χ2n) is 6.75. The van der Waals surface area contributed by atoms with Crippen LogP contribution in [0.4, 0.5) is 10.1 Å². The number of aliphatic hydroxyl groups excluding tert-OH is 1. The number of rotatable bonds is 4. The van der Waals surface area contributed by atoms with Crippen molar-refractivity contribution in [2.75, 3.05) is 12.0 Å². The summed E-state index contributed by atoms with van der Waals surface area (Å²) in [5.74, 6) is -2.08. The number of halogens is 1. The van der Waals surface area contributed by atoms with Crippen LogP contribution in [0, 0.1) is 5.82 Å². The largest absolute Gasteiger partial charge is 0.507 e. The lowest BCUT2D eigenvalue weighted by Crippen LogP contribution is -2.29. The Bertz CT molecular complexity index is 1140. The molecule has 4 rings (SSSR count). The number of ether oxygens (including phenoxy) is 1. The van der Waals surface area contributed by atoms with Crippen molar-refractivity contribution in [2.45, 2.75) is 6.04 Å². The van der Waals surface area contributed by atoms with Gasteiger partial charge in [0, 0.05) is 16.8 Å². The zero-order chi connectivity index (χ0) is 21.3. The van der Waals surface area contributed by atoms with Gasteiger partial charge in [-0.3, -0.25) is 14.5 Å². The van der Waals surface area contributed by atoms with Gasteiger partial charge in [-0.15, -0.1) is 0 Å². The molecular weight excluding hydrogens is 385 g/mol. The summed E-state index contributed by atoms with van der Waals surface area (Å²) in [5, 5.41) is 10.9. The van der Waals surface area contributed by atoms with Gasteiger partial charge in [-0.2, -0.15) is 0 Å². The van der Waals surface area contributed by atoms with Crippen molar-refractivity contribution in [1.29, 1.82) is 0 Å². The van der Waals surface area contributed by atoms with Crippen LogP contribution in [0.3, 0.4) is 0 Å². The van der Waals surface area contributed by atoms with Crippen LogP contribution in [0.25, 0.3) is 5.76 Å². The third kappa shape index (κ3) is 3.22. The second-order valence-corrected chi connectivity index (χ2v) is 6.75. The molecule has 1 heterocycles. The topological polar surface area (TPSA) is 66.8 Å². The maximum Gasteiger partial charge on any atom is 0.300 e. The summed E-state index contributed by atoms with van der Waals surface area (Å²) in [7, 11) is 1.51. The van der Waals surface area contributed by atoms with E-state index in [-0.39, 0.29) is 16.9 Å². The highest BCUT2D eigenvalue weighted by atomic mass is 19.1. The maximum atomic E-state index is 14.8. The number of Topliss-reactive ketones (excluding diaryl/α,β-unsaturated/α-hetero) is 1. The van der Waals surface area contributed by atoms with Crippen LogP contribution in [0.1, 0.15) is 17.2 Å². The monoisotopic (exact) mass is 403 g/mol. The van der Waals surface area contributed by atoms with Gasteiger partial charge < -0.3 is 9.84 Å². The van der Waals surface area contributed by atoms with Crippen LogP contribution in [0.2, 0.25) is 0 Å². The van der Waals surface area contributed by atoms with Gasteiger partial charge in [-0.25, -0.2) is 4.39 Å². The number of nitrogens with zero attached hydrogens (tertiary/aromatic N) is 1. The van der Waals surface area contributed by atoms with E-state index in [9.17, 15) is 19.1 Å². The SMILES string of the molecule is COc1ccc(N2C(=O)C(=O)C(=C(O)c3ccccc3)[C@@H]2c2ccccc2F)cc1. The summed E-state index contributed by atoms with van der Waals surface area (Å²) in [6, 6.07) is 19.7. The van der Waals surface area contributed by atoms with Gasteiger partial charge in [0.25, 0.3) is 11.7 Å². The first kappa shape index (κ1) is 19.4. The number of anilines is 1. The molecule has 1 aliphatic heterocycles. The molecule has 0 aliphatic carbocycles. The number of carbonyl (C=O) groups is 2. The maximum absolute atomic E-state index is 14.8. The molecule has 150 valence electrons. The van der Waals surface area contributed by atoms with Gasteiger partial charge in [-0.05, 0) is 30.3 Å². The molecule has 0 spiro atoms. The van der Waals surface area contributed by atoms with E-state index < -0.39 is 23.5 Å². The molecule has 30 heavy (non-hydrogen) atoms. The molecule has 1 amide bonds. The highest BCUT2D eigenvalue weighted by molar-refractivity contribution is 6.51. The number of benzene rings is 3. The highest BCUT2D eigenvalue weighted by Crippen LogP contribution is 2.43. The molecule has 0 saturated carbocycles.